The second kappa shape index (κ2) is 5.29. The molecule has 21 heavy (non-hydrogen) atoms. The van der Waals surface area contributed by atoms with Gasteiger partial charge in [-0.15, -0.1) is 0 Å². The molecule has 6 heteroatoms. The zero-order chi connectivity index (χ0) is 14.9. The molecule has 2 N–H and O–H groups in total. The van der Waals surface area contributed by atoms with Gasteiger partial charge in [0.15, 0.2) is 11.5 Å². The molecule has 0 spiro atoms. The second-order valence-corrected chi connectivity index (χ2v) is 5.81. The Hall–Kier alpha value is -2.21. The molecule has 6 nitrogen and oxygen atoms in total. The molecular weight excluding hydrogens is 268 g/mol. The Kier molecular flexibility index (Phi) is 3.47. The van der Waals surface area contributed by atoms with Gasteiger partial charge in [0, 0.05) is 37.1 Å². The molecule has 1 saturated heterocycles. The van der Waals surface area contributed by atoms with Gasteiger partial charge in [0.2, 0.25) is 0 Å². The number of nitrogens with zero attached hydrogens (tertiary/aromatic N) is 3. The van der Waals surface area contributed by atoms with Crippen LogP contribution in [0.3, 0.4) is 0 Å². The largest absolute Gasteiger partial charge is 0.355 e. The van der Waals surface area contributed by atoms with E-state index in [9.17, 15) is 4.79 Å². The van der Waals surface area contributed by atoms with Gasteiger partial charge in [-0.05, 0) is 30.5 Å². The Morgan fingerprint density at radius 2 is 2.43 bits per heavy atom. The SMILES string of the molecule is CC1(CN)CCN(C(=O)c2cc(-c3cccnc3)on2)C1. The van der Waals surface area contributed by atoms with E-state index in [0.29, 0.717) is 31.1 Å². The molecule has 3 rings (SSSR count). The third-order valence-electron chi connectivity index (χ3n) is 4.01. The van der Waals surface area contributed by atoms with E-state index >= 15 is 0 Å². The van der Waals surface area contributed by atoms with Crippen molar-refractivity contribution in [2.75, 3.05) is 19.6 Å². The Morgan fingerprint density at radius 1 is 1.57 bits per heavy atom. The molecule has 0 radical (unpaired) electrons. The summed E-state index contributed by atoms with van der Waals surface area (Å²) < 4.78 is 5.25. The van der Waals surface area contributed by atoms with Crippen molar-refractivity contribution in [3.8, 4) is 11.3 Å². The molecule has 1 amide bonds. The van der Waals surface area contributed by atoms with Crippen LogP contribution in [0.5, 0.6) is 0 Å². The van der Waals surface area contributed by atoms with Crippen molar-refractivity contribution in [3.63, 3.8) is 0 Å². The molecule has 110 valence electrons. The maximum atomic E-state index is 12.4. The van der Waals surface area contributed by atoms with Crippen LogP contribution in [0.15, 0.2) is 35.1 Å². The minimum atomic E-state index is -0.105. The van der Waals surface area contributed by atoms with E-state index in [1.807, 2.05) is 12.1 Å². The number of amides is 1. The van der Waals surface area contributed by atoms with E-state index in [1.54, 1.807) is 23.4 Å². The monoisotopic (exact) mass is 286 g/mol. The highest BCUT2D eigenvalue weighted by Gasteiger charge is 2.36. The molecule has 1 aliphatic rings. The number of carbonyl (C=O) groups is 1. The summed E-state index contributed by atoms with van der Waals surface area (Å²) in [6.45, 7) is 4.06. The molecular formula is C15H18N4O2. The number of rotatable bonds is 3. The minimum absolute atomic E-state index is 0.00553. The van der Waals surface area contributed by atoms with Crippen LogP contribution >= 0.6 is 0 Å². The minimum Gasteiger partial charge on any atom is -0.355 e. The normalized spacial score (nSPS) is 21.7. The molecule has 0 bridgehead atoms. The first kappa shape index (κ1) is 13.8. The number of aromatic nitrogens is 2. The van der Waals surface area contributed by atoms with E-state index < -0.39 is 0 Å². The lowest BCUT2D eigenvalue weighted by Crippen LogP contribution is -2.34. The van der Waals surface area contributed by atoms with Gasteiger partial charge in [-0.25, -0.2) is 0 Å². The summed E-state index contributed by atoms with van der Waals surface area (Å²) in [4.78, 5) is 18.3. The van der Waals surface area contributed by atoms with Crippen molar-refractivity contribution in [2.24, 2.45) is 11.1 Å². The summed E-state index contributed by atoms with van der Waals surface area (Å²) >= 11 is 0. The van der Waals surface area contributed by atoms with Crippen LogP contribution in [-0.2, 0) is 0 Å². The number of nitrogens with two attached hydrogens (primary N) is 1. The van der Waals surface area contributed by atoms with Gasteiger partial charge >= 0.3 is 0 Å². The maximum absolute atomic E-state index is 12.4. The van der Waals surface area contributed by atoms with Crippen LogP contribution in [0.1, 0.15) is 23.8 Å². The van der Waals surface area contributed by atoms with Crippen molar-refractivity contribution < 1.29 is 9.32 Å². The van der Waals surface area contributed by atoms with E-state index in [-0.39, 0.29) is 11.3 Å². The molecule has 1 fully saturated rings. The quantitative estimate of drug-likeness (QED) is 0.925. The lowest BCUT2D eigenvalue weighted by molar-refractivity contribution is 0.0766. The Bertz CT molecular complexity index is 640. The number of likely N-dealkylation sites (tertiary alicyclic amines) is 1. The highest BCUT2D eigenvalue weighted by atomic mass is 16.5. The highest BCUT2D eigenvalue weighted by molar-refractivity contribution is 5.93. The topological polar surface area (TPSA) is 85.2 Å². The van der Waals surface area contributed by atoms with Gasteiger partial charge in [-0.1, -0.05) is 12.1 Å². The number of hydrogen-bond donors (Lipinski definition) is 1. The van der Waals surface area contributed by atoms with Gasteiger partial charge in [0.25, 0.3) is 5.91 Å². The Labute approximate surface area is 122 Å². The van der Waals surface area contributed by atoms with E-state index in [2.05, 4.69) is 17.1 Å². The number of pyridine rings is 1. The van der Waals surface area contributed by atoms with Crippen LogP contribution in [0.25, 0.3) is 11.3 Å². The van der Waals surface area contributed by atoms with Crippen LogP contribution in [0, 0.1) is 5.41 Å². The third kappa shape index (κ3) is 2.67. The zero-order valence-corrected chi connectivity index (χ0v) is 12.0. The lowest BCUT2D eigenvalue weighted by Gasteiger charge is -2.21. The van der Waals surface area contributed by atoms with Crippen molar-refractivity contribution in [3.05, 3.63) is 36.3 Å². The fourth-order valence-corrected chi connectivity index (χ4v) is 2.55. The summed E-state index contributed by atoms with van der Waals surface area (Å²) in [7, 11) is 0. The molecule has 0 aromatic carbocycles. The van der Waals surface area contributed by atoms with E-state index in [0.717, 1.165) is 12.0 Å². The Morgan fingerprint density at radius 3 is 3.10 bits per heavy atom. The molecule has 1 unspecified atom stereocenters. The first-order chi connectivity index (χ1) is 10.1. The third-order valence-corrected chi connectivity index (χ3v) is 4.01. The van der Waals surface area contributed by atoms with Gasteiger partial charge < -0.3 is 15.2 Å². The summed E-state index contributed by atoms with van der Waals surface area (Å²) in [5.41, 5.74) is 6.91. The molecule has 3 heterocycles. The van der Waals surface area contributed by atoms with Crippen molar-refractivity contribution in [1.29, 1.82) is 0 Å². The first-order valence-corrected chi connectivity index (χ1v) is 6.98. The van der Waals surface area contributed by atoms with Crippen molar-refractivity contribution in [2.45, 2.75) is 13.3 Å². The number of carbonyl (C=O) groups excluding carboxylic acids is 1. The first-order valence-electron chi connectivity index (χ1n) is 6.98. The average molecular weight is 286 g/mol. The molecule has 2 aromatic heterocycles. The average Bonchev–Trinajstić information content (AvgIpc) is 3.15. The predicted molar refractivity (Wildman–Crippen MR) is 77.4 cm³/mol. The highest BCUT2D eigenvalue weighted by Crippen LogP contribution is 2.29. The molecule has 0 saturated carbocycles. The van der Waals surface area contributed by atoms with Crippen LogP contribution in [-0.4, -0.2) is 40.6 Å². The number of hydrogen-bond acceptors (Lipinski definition) is 5. The fraction of sp³-hybridized carbons (Fsp3) is 0.400. The summed E-state index contributed by atoms with van der Waals surface area (Å²) in [6.07, 6.45) is 4.28. The van der Waals surface area contributed by atoms with Gasteiger partial charge in [-0.2, -0.15) is 0 Å². The maximum Gasteiger partial charge on any atom is 0.276 e. The van der Waals surface area contributed by atoms with Crippen molar-refractivity contribution in [1.82, 2.24) is 15.0 Å². The van der Waals surface area contributed by atoms with Crippen LogP contribution in [0.2, 0.25) is 0 Å². The molecule has 2 aromatic rings. The predicted octanol–water partition coefficient (Wildman–Crippen LogP) is 1.55. The van der Waals surface area contributed by atoms with Crippen LogP contribution < -0.4 is 5.73 Å². The van der Waals surface area contributed by atoms with E-state index in [1.165, 1.54) is 0 Å². The summed E-state index contributed by atoms with van der Waals surface area (Å²) in [6, 6.07) is 5.34. The fourth-order valence-electron chi connectivity index (χ4n) is 2.55. The smallest absolute Gasteiger partial charge is 0.276 e. The summed E-state index contributed by atoms with van der Waals surface area (Å²) in [5.74, 6) is 0.443. The lowest BCUT2D eigenvalue weighted by atomic mass is 9.90. The molecule has 1 aliphatic heterocycles. The van der Waals surface area contributed by atoms with Gasteiger partial charge in [0.1, 0.15) is 0 Å². The Balaban J connectivity index is 1.77. The van der Waals surface area contributed by atoms with Gasteiger partial charge in [-0.3, -0.25) is 9.78 Å². The second-order valence-electron chi connectivity index (χ2n) is 5.81. The zero-order valence-electron chi connectivity index (χ0n) is 12.0. The molecule has 0 aliphatic carbocycles. The molecule has 1 atom stereocenters. The van der Waals surface area contributed by atoms with Gasteiger partial charge in [0.05, 0.1) is 0 Å². The van der Waals surface area contributed by atoms with Crippen molar-refractivity contribution >= 4 is 5.91 Å². The van der Waals surface area contributed by atoms with Crippen LogP contribution in [0.4, 0.5) is 0 Å². The van der Waals surface area contributed by atoms with E-state index in [4.69, 9.17) is 10.3 Å². The summed E-state index contributed by atoms with van der Waals surface area (Å²) in [5, 5.41) is 3.89. The standard InChI is InChI=1S/C15H18N4O2/c1-15(9-16)4-6-19(10-15)14(20)12-7-13(21-18-12)11-3-2-5-17-8-11/h2-3,5,7-8H,4,6,9-10,16H2,1H3.